The van der Waals surface area contributed by atoms with Crippen molar-refractivity contribution in [2.75, 3.05) is 56.4 Å². The van der Waals surface area contributed by atoms with E-state index in [4.69, 9.17) is 0 Å². The zero-order valence-electron chi connectivity index (χ0n) is 73.2. The molecule has 12 aromatic rings. The SMILES string of the molecule is CN(C)C=O.CN(C)C=O.CN(C)C=O.CN(C)C=O.O=C([O-])c1cccc(C#Cc2cccc(C#Cc3cccc(C(=O)[O-])c3)c2)c1.O=C([O-])c1cccc(C#Cc2cccc(C#Cc3cccc(C(=O)[O-])c3)c2)c1.O=C([O-])c1cccc(C#Cc2cccc(C#Cc3cccc(C(=O)[O-])c3)c2)c1.O=C([O-])c1cccc(C#Cc2cccc(C#Cc3cccc(C(=O)[O-])c3)c2)c1.[Cu+2].[Cu+2].[Cu+2].[Cu+2]. The average molecular weight is 2000 g/mol. The summed E-state index contributed by atoms with van der Waals surface area (Å²) < 4.78 is 0. The van der Waals surface area contributed by atoms with Gasteiger partial charge in [-0.2, -0.15) is 0 Å². The first-order valence-corrected chi connectivity index (χ1v) is 38.7. The minimum Gasteiger partial charge on any atom is -0.545 e. The monoisotopic (exact) mass is 2000 g/mol. The van der Waals surface area contributed by atoms with Gasteiger partial charge in [0.05, 0.1) is 47.8 Å². The van der Waals surface area contributed by atoms with Crippen LogP contribution in [-0.2, 0) is 87.5 Å². The summed E-state index contributed by atoms with van der Waals surface area (Å²) in [7, 11) is 13.5. The van der Waals surface area contributed by atoms with Crippen molar-refractivity contribution in [3.63, 3.8) is 0 Å². The minimum absolute atomic E-state index is 0. The summed E-state index contributed by atoms with van der Waals surface area (Å²) in [6.45, 7) is 0. The van der Waals surface area contributed by atoms with E-state index in [0.29, 0.717) is 89.0 Å². The normalized spacial score (nSPS) is 8.76. The Bertz CT molecular complexity index is 5620. The molecular formula is C108H76Cu4N4O20. The van der Waals surface area contributed by atoms with Gasteiger partial charge in [-0.3, -0.25) is 19.2 Å². The van der Waals surface area contributed by atoms with Crippen molar-refractivity contribution in [1.29, 1.82) is 0 Å². The Labute approximate surface area is 829 Å². The van der Waals surface area contributed by atoms with Crippen LogP contribution in [0.15, 0.2) is 291 Å². The molecule has 0 aliphatic rings. The van der Waals surface area contributed by atoms with Crippen molar-refractivity contribution in [1.82, 2.24) is 19.6 Å². The predicted molar refractivity (Wildman–Crippen MR) is 479 cm³/mol. The van der Waals surface area contributed by atoms with E-state index >= 15 is 0 Å². The maximum Gasteiger partial charge on any atom is 2.00 e. The van der Waals surface area contributed by atoms with Gasteiger partial charge in [0.1, 0.15) is 0 Å². The second kappa shape index (κ2) is 63.8. The van der Waals surface area contributed by atoms with E-state index < -0.39 is 47.8 Å². The van der Waals surface area contributed by atoms with Gasteiger partial charge >= 0.3 is 68.3 Å². The van der Waals surface area contributed by atoms with Gasteiger partial charge in [0.15, 0.2) is 0 Å². The molecule has 0 atom stereocenters. The van der Waals surface area contributed by atoms with Crippen molar-refractivity contribution >= 4 is 73.4 Å². The maximum absolute atomic E-state index is 10.9. The number of carbonyl (C=O) groups is 12. The number of hydrogen-bond acceptors (Lipinski definition) is 20. The van der Waals surface area contributed by atoms with Gasteiger partial charge in [0, 0.05) is 145 Å². The van der Waals surface area contributed by atoms with Crippen LogP contribution in [-0.4, -0.2) is 149 Å². The fraction of sp³-hybridized carbons (Fsp3) is 0.0741. The van der Waals surface area contributed by atoms with Crippen molar-refractivity contribution in [2.24, 2.45) is 0 Å². The molecule has 0 aliphatic carbocycles. The molecule has 24 nitrogen and oxygen atoms in total. The second-order valence-electron chi connectivity index (χ2n) is 27.5. The van der Waals surface area contributed by atoms with Crippen LogP contribution in [0.1, 0.15) is 172 Å². The summed E-state index contributed by atoms with van der Waals surface area (Å²) in [5, 5.41) is 87.3. The van der Waals surface area contributed by atoms with Gasteiger partial charge in [0.2, 0.25) is 25.6 Å². The van der Waals surface area contributed by atoms with Crippen LogP contribution in [0.25, 0.3) is 0 Å². The molecule has 28 heteroatoms. The summed E-state index contributed by atoms with van der Waals surface area (Å²) in [4.78, 5) is 131. The number of carbonyl (C=O) groups excluding carboxylic acids is 12. The van der Waals surface area contributed by atoms with E-state index in [0.717, 1.165) is 25.6 Å². The molecule has 0 heterocycles. The molecule has 0 unspecified atom stereocenters. The zero-order chi connectivity index (χ0) is 96.9. The average Bonchev–Trinajstić information content (AvgIpc) is 0.856. The Hall–Kier alpha value is -17.2. The Morgan fingerprint density at radius 3 is 0.316 bits per heavy atom. The molecule has 0 saturated heterocycles. The largest absolute Gasteiger partial charge is 2.00 e. The van der Waals surface area contributed by atoms with E-state index in [1.807, 2.05) is 72.8 Å². The van der Waals surface area contributed by atoms with Crippen LogP contribution in [0, 0.1) is 94.7 Å². The fourth-order valence-corrected chi connectivity index (χ4v) is 9.64. The number of nitrogens with zero attached hydrogens (tertiary/aromatic N) is 4. The summed E-state index contributed by atoms with van der Waals surface area (Å²) >= 11 is 0. The van der Waals surface area contributed by atoms with Crippen LogP contribution < -0.4 is 40.9 Å². The van der Waals surface area contributed by atoms with Crippen LogP contribution in [0.3, 0.4) is 0 Å². The summed E-state index contributed by atoms with van der Waals surface area (Å²) in [6, 6.07) is 78.8. The van der Waals surface area contributed by atoms with E-state index in [1.54, 1.807) is 178 Å². The van der Waals surface area contributed by atoms with E-state index in [2.05, 4.69) is 94.7 Å². The summed E-state index contributed by atoms with van der Waals surface area (Å²) in [6.07, 6.45) is 3.00. The molecule has 4 radical (unpaired) electrons. The smallest absolute Gasteiger partial charge is 0.545 e. The van der Waals surface area contributed by atoms with Gasteiger partial charge in [-0.15, -0.1) is 0 Å². The number of rotatable bonds is 12. The Balaban J connectivity index is 0.000000839. The van der Waals surface area contributed by atoms with Crippen molar-refractivity contribution < 1.29 is 167 Å². The molecule has 0 fully saturated rings. The van der Waals surface area contributed by atoms with Crippen LogP contribution in [0.2, 0.25) is 0 Å². The number of aromatic carboxylic acids is 8. The number of amides is 4. The minimum atomic E-state index is -1.25. The van der Waals surface area contributed by atoms with E-state index in [1.165, 1.54) is 117 Å². The van der Waals surface area contributed by atoms with Gasteiger partial charge in [0.25, 0.3) is 0 Å². The first-order valence-electron chi connectivity index (χ1n) is 38.7. The maximum atomic E-state index is 10.9. The van der Waals surface area contributed by atoms with Crippen LogP contribution in [0.4, 0.5) is 0 Å². The zero-order valence-corrected chi connectivity index (χ0v) is 76.9. The topological polar surface area (TPSA) is 402 Å². The molecule has 0 bridgehead atoms. The first-order chi connectivity index (χ1) is 63.1. The Kier molecular flexibility index (Phi) is 54.8. The number of carboxylic acid groups (broad SMARTS) is 8. The van der Waals surface area contributed by atoms with Crippen molar-refractivity contribution in [3.05, 3.63) is 425 Å². The molecule has 0 spiro atoms. The quantitative estimate of drug-likeness (QED) is 0.0956. The van der Waals surface area contributed by atoms with Gasteiger partial charge < -0.3 is 98.8 Å². The van der Waals surface area contributed by atoms with E-state index in [-0.39, 0.29) is 113 Å². The molecular weight excluding hydrogens is 1930 g/mol. The first kappa shape index (κ1) is 117. The number of hydrogen-bond donors (Lipinski definition) is 0. The molecule has 12 aromatic carbocycles. The second-order valence-corrected chi connectivity index (χ2v) is 27.5. The Morgan fingerprint density at radius 2 is 0.243 bits per heavy atom. The third-order valence-corrected chi connectivity index (χ3v) is 15.9. The standard InChI is InChI=1S/4C24H14O4.4C3H7NO.4Cu/c4*25-23(26)21-8-2-6-19(15-21)12-10-17-4-1-5-18(14-17)11-13-20-7-3-9-22(16-20)24(27)28;4*1-4(2)3-5;;;;/h4*1-9,14-16H,(H,25,26)(H,27,28);4*3H,1-2H3;;;;/q;;;;;;;;4*+2/p-8. The molecule has 12 rings (SSSR count). The number of carboxylic acids is 8. The molecule has 0 saturated carbocycles. The molecule has 692 valence electrons. The predicted octanol–water partition coefficient (Wildman–Crippen LogP) is 3.66. The van der Waals surface area contributed by atoms with Crippen molar-refractivity contribution in [2.45, 2.75) is 0 Å². The van der Waals surface area contributed by atoms with Gasteiger partial charge in [-0.05, 0) is 214 Å². The molecule has 0 N–H and O–H groups in total. The third kappa shape index (κ3) is 46.9. The van der Waals surface area contributed by atoms with E-state index in [9.17, 15) is 98.4 Å². The van der Waals surface area contributed by atoms with Crippen LogP contribution >= 0.6 is 0 Å². The number of benzene rings is 12. The summed E-state index contributed by atoms with van der Waals surface area (Å²) in [5.74, 6) is 37.1. The molecule has 136 heavy (non-hydrogen) atoms. The molecule has 4 amide bonds. The van der Waals surface area contributed by atoms with Crippen molar-refractivity contribution in [3.8, 4) is 94.7 Å². The van der Waals surface area contributed by atoms with Gasteiger partial charge in [-0.1, -0.05) is 216 Å². The van der Waals surface area contributed by atoms with Crippen LogP contribution in [0.5, 0.6) is 0 Å². The summed E-state index contributed by atoms with van der Waals surface area (Å²) in [5.41, 5.74) is 10.9. The Morgan fingerprint density at radius 1 is 0.169 bits per heavy atom. The van der Waals surface area contributed by atoms with Gasteiger partial charge in [-0.25, -0.2) is 0 Å². The molecule has 0 aromatic heterocycles. The third-order valence-electron chi connectivity index (χ3n) is 15.9. The molecule has 0 aliphatic heterocycles. The fourth-order valence-electron chi connectivity index (χ4n) is 9.64.